The van der Waals surface area contributed by atoms with Crippen molar-refractivity contribution >= 4 is 5.97 Å². The molecule has 0 aliphatic rings. The van der Waals surface area contributed by atoms with Crippen molar-refractivity contribution in [1.29, 1.82) is 0 Å². The van der Waals surface area contributed by atoms with Crippen LogP contribution in [0.2, 0.25) is 0 Å². The first kappa shape index (κ1) is 21.0. The fourth-order valence-corrected chi connectivity index (χ4v) is 2.64. The van der Waals surface area contributed by atoms with Crippen LogP contribution in [0.5, 0.6) is 0 Å². The number of carbonyl (C=O) groups is 1. The molecular weight excluding hydrogens is 342 g/mol. The van der Waals surface area contributed by atoms with Crippen LogP contribution in [0, 0.1) is 5.92 Å². The maximum absolute atomic E-state index is 11.8. The first-order chi connectivity index (χ1) is 12.8. The highest BCUT2D eigenvalue weighted by Gasteiger charge is 2.29. The second-order valence-corrected chi connectivity index (χ2v) is 7.51. The van der Waals surface area contributed by atoms with E-state index in [0.717, 1.165) is 17.7 Å². The summed E-state index contributed by atoms with van der Waals surface area (Å²) in [5.41, 5.74) is 2.18. The number of nitrogens with one attached hydrogen (secondary N) is 1. The minimum atomic E-state index is -0.655. The van der Waals surface area contributed by atoms with E-state index in [2.05, 4.69) is 29.1 Å². The van der Waals surface area contributed by atoms with Gasteiger partial charge in [0.15, 0.2) is 5.69 Å². The molecule has 1 heterocycles. The fraction of sp³-hybridized carbons (Fsp3) is 0.476. The average molecular weight is 371 g/mol. The van der Waals surface area contributed by atoms with E-state index in [0.29, 0.717) is 18.2 Å². The number of aliphatic hydroxyl groups is 1. The molecule has 0 amide bonds. The van der Waals surface area contributed by atoms with E-state index >= 15 is 0 Å². The van der Waals surface area contributed by atoms with E-state index in [1.165, 1.54) is 6.20 Å². The Kier molecular flexibility index (Phi) is 7.05. The standard InChI is InChI=1S/C21H29N3O3/c1-6-27-19(25)18-13-22-12-17(24-18)15-7-9-16(10-8-15)21(4,5)20(26)23-11-14(2)3/h7-10,12-14,20,23,26H,6,11H2,1-5H3. The number of esters is 1. The molecule has 0 saturated carbocycles. The van der Waals surface area contributed by atoms with Gasteiger partial charge in [0.2, 0.25) is 0 Å². The van der Waals surface area contributed by atoms with Crippen molar-refractivity contribution in [2.75, 3.05) is 13.2 Å². The van der Waals surface area contributed by atoms with Crippen LogP contribution in [0.3, 0.4) is 0 Å². The molecule has 0 aliphatic carbocycles. The number of hydrogen-bond acceptors (Lipinski definition) is 6. The van der Waals surface area contributed by atoms with Gasteiger partial charge >= 0.3 is 5.97 Å². The molecule has 0 saturated heterocycles. The summed E-state index contributed by atoms with van der Waals surface area (Å²) in [4.78, 5) is 20.3. The zero-order valence-electron chi connectivity index (χ0n) is 16.7. The second kappa shape index (κ2) is 9.06. The van der Waals surface area contributed by atoms with Crippen molar-refractivity contribution in [1.82, 2.24) is 15.3 Å². The highest BCUT2D eigenvalue weighted by molar-refractivity contribution is 5.87. The summed E-state index contributed by atoms with van der Waals surface area (Å²) in [6.07, 6.45) is 2.36. The minimum absolute atomic E-state index is 0.187. The summed E-state index contributed by atoms with van der Waals surface area (Å²) in [5, 5.41) is 13.7. The summed E-state index contributed by atoms with van der Waals surface area (Å²) in [7, 11) is 0. The predicted molar refractivity (Wildman–Crippen MR) is 105 cm³/mol. The average Bonchev–Trinajstić information content (AvgIpc) is 2.66. The third-order valence-electron chi connectivity index (χ3n) is 4.45. The predicted octanol–water partition coefficient (Wildman–Crippen LogP) is 3.16. The molecule has 146 valence electrons. The maximum Gasteiger partial charge on any atom is 0.358 e. The van der Waals surface area contributed by atoms with Crippen molar-refractivity contribution in [3.05, 3.63) is 47.9 Å². The molecule has 1 unspecified atom stereocenters. The summed E-state index contributed by atoms with van der Waals surface area (Å²) in [5.74, 6) is -0.0213. The van der Waals surface area contributed by atoms with Crippen molar-refractivity contribution in [2.45, 2.75) is 46.3 Å². The summed E-state index contributed by atoms with van der Waals surface area (Å²) in [6.45, 7) is 11.0. The van der Waals surface area contributed by atoms with Crippen LogP contribution < -0.4 is 5.32 Å². The van der Waals surface area contributed by atoms with Gasteiger partial charge in [0.05, 0.1) is 24.7 Å². The summed E-state index contributed by atoms with van der Waals surface area (Å²) in [6, 6.07) is 7.78. The lowest BCUT2D eigenvalue weighted by Gasteiger charge is -2.32. The lowest BCUT2D eigenvalue weighted by Crippen LogP contribution is -2.45. The van der Waals surface area contributed by atoms with E-state index in [1.807, 2.05) is 38.1 Å². The quantitative estimate of drug-likeness (QED) is 0.548. The smallest absolute Gasteiger partial charge is 0.358 e. The van der Waals surface area contributed by atoms with Gasteiger partial charge in [-0.25, -0.2) is 9.78 Å². The Bertz CT molecular complexity index is 758. The van der Waals surface area contributed by atoms with Gasteiger partial charge in [0, 0.05) is 11.0 Å². The van der Waals surface area contributed by atoms with Crippen molar-refractivity contribution in [2.24, 2.45) is 5.92 Å². The molecule has 1 aromatic carbocycles. The van der Waals surface area contributed by atoms with E-state index in [1.54, 1.807) is 13.1 Å². The second-order valence-electron chi connectivity index (χ2n) is 7.51. The Morgan fingerprint density at radius 3 is 2.48 bits per heavy atom. The molecule has 2 aromatic rings. The van der Waals surface area contributed by atoms with Crippen LogP contribution in [0.25, 0.3) is 11.3 Å². The molecule has 0 aliphatic heterocycles. The minimum Gasteiger partial charge on any atom is -0.461 e. The largest absolute Gasteiger partial charge is 0.461 e. The summed E-state index contributed by atoms with van der Waals surface area (Å²) < 4.78 is 4.97. The zero-order chi connectivity index (χ0) is 20.0. The van der Waals surface area contributed by atoms with Gasteiger partial charge in [-0.2, -0.15) is 0 Å². The number of hydrogen-bond donors (Lipinski definition) is 2. The molecule has 0 bridgehead atoms. The van der Waals surface area contributed by atoms with Gasteiger partial charge in [-0.3, -0.25) is 10.3 Å². The molecule has 6 nitrogen and oxygen atoms in total. The zero-order valence-corrected chi connectivity index (χ0v) is 16.7. The number of aromatic nitrogens is 2. The van der Waals surface area contributed by atoms with Crippen LogP contribution in [0.4, 0.5) is 0 Å². The Balaban J connectivity index is 2.19. The van der Waals surface area contributed by atoms with Gasteiger partial charge in [-0.05, 0) is 24.9 Å². The van der Waals surface area contributed by atoms with Gasteiger partial charge < -0.3 is 9.84 Å². The number of rotatable bonds is 8. The summed E-state index contributed by atoms with van der Waals surface area (Å²) >= 11 is 0. The van der Waals surface area contributed by atoms with Gasteiger partial charge in [-0.1, -0.05) is 52.0 Å². The normalized spacial score (nSPS) is 12.9. The van der Waals surface area contributed by atoms with E-state index in [9.17, 15) is 9.90 Å². The fourth-order valence-electron chi connectivity index (χ4n) is 2.64. The van der Waals surface area contributed by atoms with Crippen molar-refractivity contribution in [3.63, 3.8) is 0 Å². The molecule has 0 fully saturated rings. The third kappa shape index (κ3) is 5.34. The van der Waals surface area contributed by atoms with Crippen LogP contribution in [0.1, 0.15) is 50.7 Å². The molecule has 1 atom stereocenters. The first-order valence-corrected chi connectivity index (χ1v) is 9.27. The van der Waals surface area contributed by atoms with E-state index in [-0.39, 0.29) is 5.69 Å². The molecule has 27 heavy (non-hydrogen) atoms. The number of carbonyl (C=O) groups excluding carboxylic acids is 1. The Labute approximate surface area is 161 Å². The molecule has 6 heteroatoms. The molecule has 0 radical (unpaired) electrons. The molecule has 2 N–H and O–H groups in total. The Morgan fingerprint density at radius 1 is 1.22 bits per heavy atom. The SMILES string of the molecule is CCOC(=O)c1cncc(-c2ccc(C(C)(C)C(O)NCC(C)C)cc2)n1. The monoisotopic (exact) mass is 371 g/mol. The van der Waals surface area contributed by atoms with Crippen LogP contribution >= 0.6 is 0 Å². The number of ether oxygens (including phenoxy) is 1. The third-order valence-corrected chi connectivity index (χ3v) is 4.45. The van der Waals surface area contributed by atoms with Crippen LogP contribution in [-0.2, 0) is 10.2 Å². The van der Waals surface area contributed by atoms with Crippen molar-refractivity contribution < 1.29 is 14.6 Å². The van der Waals surface area contributed by atoms with Gasteiger partial charge in [-0.15, -0.1) is 0 Å². The van der Waals surface area contributed by atoms with E-state index < -0.39 is 17.6 Å². The van der Waals surface area contributed by atoms with Gasteiger partial charge in [0.25, 0.3) is 0 Å². The van der Waals surface area contributed by atoms with Crippen molar-refractivity contribution in [3.8, 4) is 11.3 Å². The Hall–Kier alpha value is -2.31. The Morgan fingerprint density at radius 2 is 1.89 bits per heavy atom. The highest BCUT2D eigenvalue weighted by atomic mass is 16.5. The highest BCUT2D eigenvalue weighted by Crippen LogP contribution is 2.28. The number of aliphatic hydroxyl groups excluding tert-OH is 1. The van der Waals surface area contributed by atoms with Gasteiger partial charge in [0.1, 0.15) is 6.23 Å². The number of benzene rings is 1. The lowest BCUT2D eigenvalue weighted by molar-refractivity contribution is 0.0519. The molecule has 1 aromatic heterocycles. The molecule has 0 spiro atoms. The molecule has 2 rings (SSSR count). The van der Waals surface area contributed by atoms with Crippen LogP contribution in [-0.4, -0.2) is 40.4 Å². The first-order valence-electron chi connectivity index (χ1n) is 9.27. The maximum atomic E-state index is 11.8. The van der Waals surface area contributed by atoms with Crippen LogP contribution in [0.15, 0.2) is 36.7 Å². The molecular formula is C21H29N3O3. The lowest BCUT2D eigenvalue weighted by atomic mass is 9.82. The number of nitrogens with zero attached hydrogens (tertiary/aromatic N) is 2. The topological polar surface area (TPSA) is 84.3 Å². The van der Waals surface area contributed by atoms with E-state index in [4.69, 9.17) is 4.74 Å².